The van der Waals surface area contributed by atoms with E-state index in [9.17, 15) is 0 Å². The lowest BCUT2D eigenvalue weighted by Crippen LogP contribution is -2.27. The van der Waals surface area contributed by atoms with Crippen LogP contribution < -0.4 is 5.32 Å². The molecule has 2 heteroatoms. The van der Waals surface area contributed by atoms with Crippen LogP contribution in [0.25, 0.3) is 11.1 Å². The van der Waals surface area contributed by atoms with Gasteiger partial charge in [0.1, 0.15) is 0 Å². The van der Waals surface area contributed by atoms with Crippen molar-refractivity contribution in [3.63, 3.8) is 0 Å². The predicted molar refractivity (Wildman–Crippen MR) is 97.5 cm³/mol. The van der Waals surface area contributed by atoms with Crippen LogP contribution in [-0.2, 0) is 6.54 Å². The summed E-state index contributed by atoms with van der Waals surface area (Å²) in [5.74, 6) is 0. The number of nitrogens with one attached hydrogen (secondary N) is 1. The molecule has 0 unspecified atom stereocenters. The van der Waals surface area contributed by atoms with Gasteiger partial charge in [-0.2, -0.15) is 0 Å². The lowest BCUT2D eigenvalue weighted by atomic mass is 10.0. The highest BCUT2D eigenvalue weighted by atomic mass is 35.5. The van der Waals surface area contributed by atoms with Gasteiger partial charge in [-0.1, -0.05) is 80.3 Å². The summed E-state index contributed by atoms with van der Waals surface area (Å²) in [6.45, 7) is 1.000. The first-order valence-corrected chi connectivity index (χ1v) is 8.29. The van der Waals surface area contributed by atoms with Crippen LogP contribution in [0.2, 0.25) is 0 Å². The van der Waals surface area contributed by atoms with Crippen LogP contribution in [0.1, 0.15) is 44.1 Å². The Bertz CT molecular complexity index is 527. The SMILES string of the molecule is Cl.c1ccc(-c2ccc(CNC3CCCCCC3)cc2)cc1. The van der Waals surface area contributed by atoms with E-state index >= 15 is 0 Å². The summed E-state index contributed by atoms with van der Waals surface area (Å²) in [6, 6.07) is 20.3. The second-order valence-electron chi connectivity index (χ2n) is 6.13. The normalized spacial score (nSPS) is 15.8. The standard InChI is InChI=1S/C20H25N.ClH/c1-2-7-11-20(10-6-1)21-16-17-12-14-19(15-13-17)18-8-4-3-5-9-18;/h3-5,8-9,12-15,20-21H,1-2,6-7,10-11,16H2;1H. The fourth-order valence-corrected chi connectivity index (χ4v) is 3.19. The molecular formula is C20H26ClN. The minimum atomic E-state index is 0. The largest absolute Gasteiger partial charge is 0.310 e. The van der Waals surface area contributed by atoms with E-state index in [1.165, 1.54) is 55.2 Å². The summed E-state index contributed by atoms with van der Waals surface area (Å²) >= 11 is 0. The number of benzene rings is 2. The molecule has 0 spiro atoms. The van der Waals surface area contributed by atoms with E-state index in [1.54, 1.807) is 0 Å². The van der Waals surface area contributed by atoms with Crippen molar-refractivity contribution in [2.75, 3.05) is 0 Å². The first-order valence-electron chi connectivity index (χ1n) is 8.29. The van der Waals surface area contributed by atoms with Crippen LogP contribution in [0.5, 0.6) is 0 Å². The summed E-state index contributed by atoms with van der Waals surface area (Å²) < 4.78 is 0. The number of hydrogen-bond donors (Lipinski definition) is 1. The van der Waals surface area contributed by atoms with E-state index in [1.807, 2.05) is 0 Å². The molecule has 1 saturated carbocycles. The number of halogens is 1. The third-order valence-electron chi connectivity index (χ3n) is 4.51. The minimum absolute atomic E-state index is 0. The molecule has 0 radical (unpaired) electrons. The molecule has 1 aliphatic rings. The van der Waals surface area contributed by atoms with E-state index in [2.05, 4.69) is 59.9 Å². The Kier molecular flexibility index (Phi) is 6.95. The average Bonchev–Trinajstić information content (AvgIpc) is 2.83. The van der Waals surface area contributed by atoms with E-state index in [0.717, 1.165) is 12.6 Å². The smallest absolute Gasteiger partial charge is 0.0208 e. The molecule has 1 N–H and O–H groups in total. The van der Waals surface area contributed by atoms with Crippen LogP contribution >= 0.6 is 12.4 Å². The van der Waals surface area contributed by atoms with Gasteiger partial charge < -0.3 is 5.32 Å². The molecule has 0 aromatic heterocycles. The zero-order valence-corrected chi connectivity index (χ0v) is 13.9. The van der Waals surface area contributed by atoms with Crippen LogP contribution in [0.3, 0.4) is 0 Å². The fourth-order valence-electron chi connectivity index (χ4n) is 3.19. The highest BCUT2D eigenvalue weighted by Crippen LogP contribution is 2.20. The Morgan fingerprint density at radius 2 is 1.32 bits per heavy atom. The molecule has 0 amide bonds. The summed E-state index contributed by atoms with van der Waals surface area (Å²) in [5.41, 5.74) is 3.98. The van der Waals surface area contributed by atoms with Crippen molar-refractivity contribution in [3.8, 4) is 11.1 Å². The van der Waals surface area contributed by atoms with Crippen molar-refractivity contribution in [3.05, 3.63) is 60.2 Å². The van der Waals surface area contributed by atoms with Gasteiger partial charge in [-0.05, 0) is 29.5 Å². The van der Waals surface area contributed by atoms with Gasteiger partial charge in [-0.25, -0.2) is 0 Å². The van der Waals surface area contributed by atoms with E-state index in [0.29, 0.717) is 0 Å². The van der Waals surface area contributed by atoms with Gasteiger partial charge in [0.15, 0.2) is 0 Å². The Morgan fingerprint density at radius 3 is 1.95 bits per heavy atom. The van der Waals surface area contributed by atoms with Crippen molar-refractivity contribution in [2.45, 2.75) is 51.1 Å². The molecule has 2 aromatic carbocycles. The van der Waals surface area contributed by atoms with Crippen molar-refractivity contribution < 1.29 is 0 Å². The lowest BCUT2D eigenvalue weighted by molar-refractivity contribution is 0.459. The molecule has 1 nitrogen and oxygen atoms in total. The maximum Gasteiger partial charge on any atom is 0.0208 e. The Hall–Kier alpha value is -1.31. The maximum atomic E-state index is 3.74. The molecule has 0 aliphatic heterocycles. The van der Waals surface area contributed by atoms with E-state index in [4.69, 9.17) is 0 Å². The van der Waals surface area contributed by atoms with Gasteiger partial charge in [0, 0.05) is 12.6 Å². The Balaban J connectivity index is 0.00000176. The second kappa shape index (κ2) is 8.97. The average molecular weight is 316 g/mol. The third kappa shape index (κ3) is 4.86. The summed E-state index contributed by atoms with van der Waals surface area (Å²) in [7, 11) is 0. The maximum absolute atomic E-state index is 3.74. The molecule has 2 aromatic rings. The van der Waals surface area contributed by atoms with Crippen LogP contribution in [0, 0.1) is 0 Å². The predicted octanol–water partition coefficient (Wildman–Crippen LogP) is 5.59. The van der Waals surface area contributed by atoms with Gasteiger partial charge in [0.25, 0.3) is 0 Å². The van der Waals surface area contributed by atoms with Gasteiger partial charge in [0.05, 0.1) is 0 Å². The summed E-state index contributed by atoms with van der Waals surface area (Å²) in [6.07, 6.45) is 8.33. The zero-order valence-electron chi connectivity index (χ0n) is 13.1. The van der Waals surface area contributed by atoms with Crippen molar-refractivity contribution in [1.29, 1.82) is 0 Å². The molecule has 0 bridgehead atoms. The van der Waals surface area contributed by atoms with E-state index in [-0.39, 0.29) is 12.4 Å². The zero-order chi connectivity index (χ0) is 14.3. The Morgan fingerprint density at radius 1 is 0.727 bits per heavy atom. The molecule has 1 aliphatic carbocycles. The molecule has 22 heavy (non-hydrogen) atoms. The molecular weight excluding hydrogens is 290 g/mol. The number of rotatable bonds is 4. The van der Waals surface area contributed by atoms with Crippen molar-refractivity contribution in [2.24, 2.45) is 0 Å². The third-order valence-corrected chi connectivity index (χ3v) is 4.51. The van der Waals surface area contributed by atoms with Crippen molar-refractivity contribution >= 4 is 12.4 Å². The molecule has 0 heterocycles. The first-order chi connectivity index (χ1) is 10.4. The highest BCUT2D eigenvalue weighted by Gasteiger charge is 2.11. The van der Waals surface area contributed by atoms with Crippen LogP contribution in [0.4, 0.5) is 0 Å². The fraction of sp³-hybridized carbons (Fsp3) is 0.400. The van der Waals surface area contributed by atoms with Crippen LogP contribution in [-0.4, -0.2) is 6.04 Å². The van der Waals surface area contributed by atoms with Gasteiger partial charge in [-0.3, -0.25) is 0 Å². The minimum Gasteiger partial charge on any atom is -0.310 e. The second-order valence-corrected chi connectivity index (χ2v) is 6.13. The molecule has 1 fully saturated rings. The molecule has 3 rings (SSSR count). The van der Waals surface area contributed by atoms with Gasteiger partial charge in [-0.15, -0.1) is 12.4 Å². The first kappa shape index (κ1) is 17.1. The molecule has 118 valence electrons. The summed E-state index contributed by atoms with van der Waals surface area (Å²) in [5, 5.41) is 3.74. The monoisotopic (exact) mass is 315 g/mol. The quantitative estimate of drug-likeness (QED) is 0.725. The van der Waals surface area contributed by atoms with Gasteiger partial charge >= 0.3 is 0 Å². The van der Waals surface area contributed by atoms with E-state index < -0.39 is 0 Å². The van der Waals surface area contributed by atoms with Crippen molar-refractivity contribution in [1.82, 2.24) is 5.32 Å². The molecule has 0 saturated heterocycles. The lowest BCUT2D eigenvalue weighted by Gasteiger charge is -2.16. The highest BCUT2D eigenvalue weighted by molar-refractivity contribution is 5.85. The summed E-state index contributed by atoms with van der Waals surface area (Å²) in [4.78, 5) is 0. The van der Waals surface area contributed by atoms with Crippen LogP contribution in [0.15, 0.2) is 54.6 Å². The topological polar surface area (TPSA) is 12.0 Å². The van der Waals surface area contributed by atoms with Gasteiger partial charge in [0.2, 0.25) is 0 Å². The Labute approximate surface area is 140 Å². The number of hydrogen-bond acceptors (Lipinski definition) is 1. The molecule has 0 atom stereocenters.